The van der Waals surface area contributed by atoms with Gasteiger partial charge >= 0.3 is 0 Å². The van der Waals surface area contributed by atoms with E-state index in [2.05, 4.69) is 10.0 Å². The van der Waals surface area contributed by atoms with Gasteiger partial charge < -0.3 is 5.32 Å². The highest BCUT2D eigenvalue weighted by Crippen LogP contribution is 2.28. The Morgan fingerprint density at radius 2 is 2.27 bits per heavy atom. The van der Waals surface area contributed by atoms with Crippen LogP contribution in [-0.2, 0) is 10.2 Å². The van der Waals surface area contributed by atoms with Crippen molar-refractivity contribution in [2.45, 2.75) is 25.8 Å². The van der Waals surface area contributed by atoms with Crippen molar-refractivity contribution in [1.29, 1.82) is 0 Å². The van der Waals surface area contributed by atoms with E-state index < -0.39 is 10.2 Å². The monoisotopic (exact) mass is 233 g/mol. The average molecular weight is 233 g/mol. The zero-order valence-electron chi connectivity index (χ0n) is 9.07. The van der Waals surface area contributed by atoms with Crippen molar-refractivity contribution in [2.24, 2.45) is 5.92 Å². The van der Waals surface area contributed by atoms with Gasteiger partial charge in [-0.2, -0.15) is 12.7 Å². The highest BCUT2D eigenvalue weighted by Gasteiger charge is 2.42. The Labute approximate surface area is 91.4 Å². The molecule has 5 nitrogen and oxygen atoms in total. The van der Waals surface area contributed by atoms with E-state index in [-0.39, 0.29) is 6.04 Å². The van der Waals surface area contributed by atoms with Crippen molar-refractivity contribution in [3.05, 3.63) is 0 Å². The summed E-state index contributed by atoms with van der Waals surface area (Å²) in [5, 5.41) is 3.25. The van der Waals surface area contributed by atoms with E-state index in [9.17, 15) is 8.42 Å². The Bertz CT molecular complexity index is 317. The second kappa shape index (κ2) is 4.37. The van der Waals surface area contributed by atoms with Gasteiger partial charge in [0.2, 0.25) is 0 Å². The Balaban J connectivity index is 2.04. The van der Waals surface area contributed by atoms with Gasteiger partial charge in [-0.3, -0.25) is 0 Å². The van der Waals surface area contributed by atoms with Crippen molar-refractivity contribution < 1.29 is 8.42 Å². The van der Waals surface area contributed by atoms with Gasteiger partial charge in [0.05, 0.1) is 0 Å². The molecule has 0 aromatic heterocycles. The topological polar surface area (TPSA) is 61.4 Å². The molecule has 0 radical (unpaired) electrons. The maximum atomic E-state index is 11.9. The van der Waals surface area contributed by atoms with E-state index in [1.807, 2.05) is 6.92 Å². The zero-order chi connectivity index (χ0) is 10.9. The fourth-order valence-corrected chi connectivity index (χ4v) is 4.00. The third kappa shape index (κ3) is 2.18. The number of nitrogens with one attached hydrogen (secondary N) is 2. The molecule has 2 aliphatic heterocycles. The number of rotatable bonds is 4. The minimum absolute atomic E-state index is 0.180. The average Bonchev–Trinajstić information content (AvgIpc) is 2.74. The van der Waals surface area contributed by atoms with Crippen molar-refractivity contribution in [2.75, 3.05) is 26.2 Å². The molecule has 0 spiro atoms. The van der Waals surface area contributed by atoms with E-state index in [0.717, 1.165) is 25.9 Å². The van der Waals surface area contributed by atoms with Crippen LogP contribution in [0.4, 0.5) is 0 Å². The van der Waals surface area contributed by atoms with Crippen LogP contribution in [0.3, 0.4) is 0 Å². The molecule has 2 N–H and O–H groups in total. The number of hydrogen-bond acceptors (Lipinski definition) is 3. The summed E-state index contributed by atoms with van der Waals surface area (Å²) in [6, 6.07) is 0.180. The highest BCUT2D eigenvalue weighted by molar-refractivity contribution is 7.87. The molecule has 88 valence electrons. The van der Waals surface area contributed by atoms with E-state index >= 15 is 0 Å². The Morgan fingerprint density at radius 1 is 1.47 bits per heavy atom. The number of nitrogens with zero attached hydrogens (tertiary/aromatic N) is 1. The lowest BCUT2D eigenvalue weighted by Crippen LogP contribution is -2.45. The number of fused-ring (bicyclic) bond motifs is 1. The minimum atomic E-state index is -3.23. The van der Waals surface area contributed by atoms with Gasteiger partial charge in [-0.05, 0) is 25.3 Å². The molecule has 6 heteroatoms. The summed E-state index contributed by atoms with van der Waals surface area (Å²) in [6.45, 7) is 4.94. The Hall–Kier alpha value is -0.170. The second-order valence-corrected chi connectivity index (χ2v) is 5.99. The normalized spacial score (nSPS) is 32.1. The van der Waals surface area contributed by atoms with Crippen LogP contribution in [0.2, 0.25) is 0 Å². The summed E-state index contributed by atoms with van der Waals surface area (Å²) in [7, 11) is -3.23. The third-order valence-electron chi connectivity index (χ3n) is 3.24. The lowest BCUT2D eigenvalue weighted by molar-refractivity contribution is 0.376. The van der Waals surface area contributed by atoms with Crippen LogP contribution in [0.25, 0.3) is 0 Å². The van der Waals surface area contributed by atoms with Gasteiger partial charge in [0.1, 0.15) is 0 Å². The fraction of sp³-hybridized carbons (Fsp3) is 1.00. The van der Waals surface area contributed by atoms with E-state index in [1.54, 1.807) is 4.31 Å². The first-order valence-corrected chi connectivity index (χ1v) is 7.06. The molecule has 2 aliphatic rings. The fourth-order valence-electron chi connectivity index (χ4n) is 2.42. The standard InChI is InChI=1S/C9H19N3O2S/c1-2-4-11-15(13,14)12-5-3-8-6-10-7-9(8)12/h8-11H,2-7H2,1H3/t8-,9+/m0/s1. The molecule has 15 heavy (non-hydrogen) atoms. The van der Waals surface area contributed by atoms with E-state index in [0.29, 0.717) is 19.0 Å². The highest BCUT2D eigenvalue weighted by atomic mass is 32.2. The van der Waals surface area contributed by atoms with Gasteiger partial charge in [0, 0.05) is 25.7 Å². The molecular weight excluding hydrogens is 214 g/mol. The zero-order valence-corrected chi connectivity index (χ0v) is 9.89. The molecule has 2 saturated heterocycles. The quantitative estimate of drug-likeness (QED) is 0.690. The maximum Gasteiger partial charge on any atom is 0.279 e. The van der Waals surface area contributed by atoms with Gasteiger partial charge in [0.15, 0.2) is 0 Å². The smallest absolute Gasteiger partial charge is 0.279 e. The van der Waals surface area contributed by atoms with Crippen molar-refractivity contribution in [3.63, 3.8) is 0 Å². The lowest BCUT2D eigenvalue weighted by Gasteiger charge is -2.22. The van der Waals surface area contributed by atoms with Crippen molar-refractivity contribution in [3.8, 4) is 0 Å². The molecule has 0 aromatic rings. The summed E-state index contributed by atoms with van der Waals surface area (Å²) in [5.41, 5.74) is 0. The first-order chi connectivity index (χ1) is 7.15. The molecule has 0 aromatic carbocycles. The molecule has 0 aliphatic carbocycles. The molecule has 2 atom stereocenters. The molecule has 0 unspecified atom stereocenters. The molecule has 2 heterocycles. The first-order valence-electron chi connectivity index (χ1n) is 5.62. The SMILES string of the molecule is CCCNS(=O)(=O)N1CC[C@H]2CNC[C@H]21. The van der Waals surface area contributed by atoms with Crippen LogP contribution in [0, 0.1) is 5.92 Å². The predicted octanol–water partition coefficient (Wildman–Crippen LogP) is -0.475. The van der Waals surface area contributed by atoms with Crippen LogP contribution < -0.4 is 10.0 Å². The molecule has 0 bridgehead atoms. The van der Waals surface area contributed by atoms with E-state index in [4.69, 9.17) is 0 Å². The molecular formula is C9H19N3O2S. The lowest BCUT2D eigenvalue weighted by atomic mass is 10.1. The third-order valence-corrected chi connectivity index (χ3v) is 4.88. The van der Waals surface area contributed by atoms with Crippen LogP contribution in [-0.4, -0.2) is 44.9 Å². The van der Waals surface area contributed by atoms with Crippen LogP contribution in [0.1, 0.15) is 19.8 Å². The molecule has 2 fully saturated rings. The van der Waals surface area contributed by atoms with Crippen molar-refractivity contribution in [1.82, 2.24) is 14.3 Å². The first kappa shape index (κ1) is 11.3. The summed E-state index contributed by atoms with van der Waals surface area (Å²) < 4.78 is 28.1. The van der Waals surface area contributed by atoms with Gasteiger partial charge in [0.25, 0.3) is 10.2 Å². The Morgan fingerprint density at radius 3 is 3.00 bits per heavy atom. The van der Waals surface area contributed by atoms with Crippen LogP contribution >= 0.6 is 0 Å². The van der Waals surface area contributed by atoms with Gasteiger partial charge in [-0.15, -0.1) is 0 Å². The maximum absolute atomic E-state index is 11.9. The van der Waals surface area contributed by atoms with Crippen molar-refractivity contribution >= 4 is 10.2 Å². The summed E-state index contributed by atoms with van der Waals surface area (Å²) in [6.07, 6.45) is 1.82. The summed E-state index contributed by atoms with van der Waals surface area (Å²) in [5.74, 6) is 0.517. The van der Waals surface area contributed by atoms with Crippen LogP contribution in [0.5, 0.6) is 0 Å². The molecule has 2 rings (SSSR count). The van der Waals surface area contributed by atoms with Crippen LogP contribution in [0.15, 0.2) is 0 Å². The largest absolute Gasteiger partial charge is 0.315 e. The predicted molar refractivity (Wildman–Crippen MR) is 58.7 cm³/mol. The van der Waals surface area contributed by atoms with E-state index in [1.165, 1.54) is 0 Å². The van der Waals surface area contributed by atoms with Gasteiger partial charge in [-0.1, -0.05) is 6.92 Å². The Kier molecular flexibility index (Phi) is 3.30. The molecule has 0 amide bonds. The molecule has 0 saturated carbocycles. The second-order valence-electron chi connectivity index (χ2n) is 4.28. The summed E-state index contributed by atoms with van der Waals surface area (Å²) in [4.78, 5) is 0. The number of hydrogen-bond donors (Lipinski definition) is 2. The minimum Gasteiger partial charge on any atom is -0.315 e. The van der Waals surface area contributed by atoms with Gasteiger partial charge in [-0.25, -0.2) is 4.72 Å². The summed E-state index contributed by atoms with van der Waals surface area (Å²) >= 11 is 0.